The normalized spacial score (nSPS) is 21.8. The van der Waals surface area contributed by atoms with Crippen LogP contribution < -0.4 is 10.6 Å². The van der Waals surface area contributed by atoms with Crippen LogP contribution in [0.2, 0.25) is 0 Å². The Kier molecular flexibility index (Phi) is 6.96. The van der Waals surface area contributed by atoms with Gasteiger partial charge in [0.15, 0.2) is 5.96 Å². The van der Waals surface area contributed by atoms with E-state index in [1.54, 1.807) is 7.05 Å². The smallest absolute Gasteiger partial charge is 0.191 e. The molecule has 5 nitrogen and oxygen atoms in total. The molecule has 1 heterocycles. The van der Waals surface area contributed by atoms with E-state index in [2.05, 4.69) is 27.6 Å². The molecule has 0 aromatic carbocycles. The quantitative estimate of drug-likeness (QED) is 0.399. The number of nitrogens with one attached hydrogen (secondary N) is 2. The highest BCUT2D eigenvalue weighted by Gasteiger charge is 2.20. The third kappa shape index (κ3) is 5.37. The first-order valence-corrected chi connectivity index (χ1v) is 6.50. The Labute approximate surface area is 105 Å². The lowest BCUT2D eigenvalue weighted by atomic mass is 10.2. The summed E-state index contributed by atoms with van der Waals surface area (Å²) in [5, 5.41) is 6.60. The largest absolute Gasteiger partial charge is 0.380 e. The first-order chi connectivity index (χ1) is 8.27. The number of rotatable bonds is 6. The van der Waals surface area contributed by atoms with Crippen molar-refractivity contribution in [3.05, 3.63) is 0 Å². The van der Waals surface area contributed by atoms with E-state index in [0.29, 0.717) is 6.04 Å². The van der Waals surface area contributed by atoms with Crippen LogP contribution in [0.5, 0.6) is 0 Å². The van der Waals surface area contributed by atoms with Crippen LogP contribution in [-0.4, -0.2) is 63.8 Å². The van der Waals surface area contributed by atoms with Gasteiger partial charge in [-0.1, -0.05) is 0 Å². The number of ether oxygens (including phenoxy) is 1. The molecular formula is C12H26N4O. The Morgan fingerprint density at radius 3 is 2.88 bits per heavy atom. The number of nitrogens with zero attached hydrogens (tertiary/aromatic N) is 2. The van der Waals surface area contributed by atoms with Crippen molar-refractivity contribution in [2.24, 2.45) is 4.99 Å². The number of guanidine groups is 1. The number of hydrogen-bond acceptors (Lipinski definition) is 3. The molecule has 0 spiro atoms. The minimum Gasteiger partial charge on any atom is -0.380 e. The number of hydrogen-bond donors (Lipinski definition) is 2. The van der Waals surface area contributed by atoms with Gasteiger partial charge in [-0.2, -0.15) is 0 Å². The first kappa shape index (κ1) is 14.3. The predicted octanol–water partition coefficient (Wildman–Crippen LogP) is 0.282. The third-order valence-corrected chi connectivity index (χ3v) is 3.14. The second kappa shape index (κ2) is 8.31. The Morgan fingerprint density at radius 1 is 1.47 bits per heavy atom. The van der Waals surface area contributed by atoms with Gasteiger partial charge in [0.25, 0.3) is 0 Å². The summed E-state index contributed by atoms with van der Waals surface area (Å²) < 4.78 is 5.27. The van der Waals surface area contributed by atoms with Gasteiger partial charge in [0.2, 0.25) is 0 Å². The Morgan fingerprint density at radius 2 is 2.29 bits per heavy atom. The molecule has 0 bridgehead atoms. The summed E-state index contributed by atoms with van der Waals surface area (Å²) in [5.41, 5.74) is 0. The average Bonchev–Trinajstić information content (AvgIpc) is 2.74. The molecule has 1 rings (SSSR count). The second-order valence-electron chi connectivity index (χ2n) is 4.35. The minimum absolute atomic E-state index is 0.639. The van der Waals surface area contributed by atoms with Crippen molar-refractivity contribution in [1.29, 1.82) is 0 Å². The summed E-state index contributed by atoms with van der Waals surface area (Å²) in [4.78, 5) is 6.60. The van der Waals surface area contributed by atoms with E-state index in [1.165, 1.54) is 19.4 Å². The maximum atomic E-state index is 5.27. The number of likely N-dealkylation sites (tertiary alicyclic amines) is 1. The molecule has 17 heavy (non-hydrogen) atoms. The van der Waals surface area contributed by atoms with Crippen molar-refractivity contribution in [2.45, 2.75) is 25.8 Å². The summed E-state index contributed by atoms with van der Waals surface area (Å²) >= 11 is 0. The Hall–Kier alpha value is -0.810. The Bertz CT molecular complexity index is 233. The fourth-order valence-corrected chi connectivity index (χ4v) is 2.06. The van der Waals surface area contributed by atoms with Crippen molar-refractivity contribution in [3.63, 3.8) is 0 Å². The van der Waals surface area contributed by atoms with Crippen molar-refractivity contribution in [1.82, 2.24) is 15.5 Å². The van der Waals surface area contributed by atoms with Crippen LogP contribution in [0, 0.1) is 0 Å². The molecule has 0 saturated carbocycles. The summed E-state index contributed by atoms with van der Waals surface area (Å²) in [6.07, 6.45) is 2.58. The van der Waals surface area contributed by atoms with Crippen LogP contribution in [0.25, 0.3) is 0 Å². The molecule has 1 fully saturated rings. The number of likely N-dealkylation sites (N-methyl/N-ethyl adjacent to an activating group) is 1. The van der Waals surface area contributed by atoms with E-state index in [9.17, 15) is 0 Å². The van der Waals surface area contributed by atoms with Gasteiger partial charge in [-0.15, -0.1) is 0 Å². The molecule has 0 aromatic heterocycles. The van der Waals surface area contributed by atoms with Crippen molar-refractivity contribution >= 4 is 5.96 Å². The molecule has 0 aliphatic carbocycles. The Balaban J connectivity index is 2.14. The lowest BCUT2D eigenvalue weighted by Crippen LogP contribution is -2.44. The molecular weight excluding hydrogens is 216 g/mol. The third-order valence-electron chi connectivity index (χ3n) is 3.14. The summed E-state index contributed by atoms with van der Waals surface area (Å²) in [5.74, 6) is 0.866. The van der Waals surface area contributed by atoms with Crippen molar-refractivity contribution in [3.8, 4) is 0 Å². The van der Waals surface area contributed by atoms with Crippen molar-refractivity contribution < 1.29 is 4.74 Å². The zero-order chi connectivity index (χ0) is 12.5. The van der Waals surface area contributed by atoms with E-state index >= 15 is 0 Å². The fraction of sp³-hybridized carbons (Fsp3) is 0.917. The second-order valence-corrected chi connectivity index (χ2v) is 4.35. The van der Waals surface area contributed by atoms with Crippen molar-refractivity contribution in [2.75, 3.05) is 46.9 Å². The van der Waals surface area contributed by atoms with Crippen LogP contribution >= 0.6 is 0 Å². The van der Waals surface area contributed by atoms with Gasteiger partial charge in [-0.3, -0.25) is 4.99 Å². The summed E-state index contributed by atoms with van der Waals surface area (Å²) in [6.45, 7) is 6.46. The highest BCUT2D eigenvalue weighted by Crippen LogP contribution is 2.13. The SMILES string of the molecule is CCOCCNC(=NC)NCC1CCCN1C. The summed E-state index contributed by atoms with van der Waals surface area (Å²) in [6, 6.07) is 0.639. The summed E-state index contributed by atoms with van der Waals surface area (Å²) in [7, 11) is 3.99. The lowest BCUT2D eigenvalue weighted by molar-refractivity contribution is 0.152. The average molecular weight is 242 g/mol. The highest BCUT2D eigenvalue weighted by atomic mass is 16.5. The topological polar surface area (TPSA) is 48.9 Å². The van der Waals surface area contributed by atoms with Gasteiger partial charge >= 0.3 is 0 Å². The minimum atomic E-state index is 0.639. The molecule has 1 atom stereocenters. The molecule has 100 valence electrons. The maximum Gasteiger partial charge on any atom is 0.191 e. The molecule has 5 heteroatoms. The fourth-order valence-electron chi connectivity index (χ4n) is 2.06. The molecule has 2 N–H and O–H groups in total. The van der Waals surface area contributed by atoms with E-state index < -0.39 is 0 Å². The predicted molar refractivity (Wildman–Crippen MR) is 71.5 cm³/mol. The monoisotopic (exact) mass is 242 g/mol. The maximum absolute atomic E-state index is 5.27. The van der Waals surface area contributed by atoms with Gasteiger partial charge in [0.1, 0.15) is 0 Å². The molecule has 1 saturated heterocycles. The van der Waals surface area contributed by atoms with Crippen LogP contribution in [0.3, 0.4) is 0 Å². The molecule has 0 amide bonds. The molecule has 0 aromatic rings. The zero-order valence-corrected chi connectivity index (χ0v) is 11.3. The molecule has 1 aliphatic heterocycles. The number of aliphatic imine (C=N–C) groups is 1. The van der Waals surface area contributed by atoms with Gasteiger partial charge in [0.05, 0.1) is 6.61 Å². The molecule has 0 radical (unpaired) electrons. The van der Waals surface area contributed by atoms with E-state index in [-0.39, 0.29) is 0 Å². The van der Waals surface area contributed by atoms with Gasteiger partial charge in [-0.25, -0.2) is 0 Å². The molecule has 1 unspecified atom stereocenters. The zero-order valence-electron chi connectivity index (χ0n) is 11.3. The van der Waals surface area contributed by atoms with E-state index in [1.807, 2.05) is 6.92 Å². The first-order valence-electron chi connectivity index (χ1n) is 6.50. The van der Waals surface area contributed by atoms with E-state index in [4.69, 9.17) is 4.74 Å². The van der Waals surface area contributed by atoms with Crippen LogP contribution in [0.1, 0.15) is 19.8 Å². The van der Waals surface area contributed by atoms with Gasteiger partial charge in [-0.05, 0) is 33.4 Å². The standard InChI is InChI=1S/C12H26N4O/c1-4-17-9-7-14-12(13-2)15-10-11-6-5-8-16(11)3/h11H,4-10H2,1-3H3,(H2,13,14,15). The van der Waals surface area contributed by atoms with Crippen LogP contribution in [-0.2, 0) is 4.74 Å². The molecule has 1 aliphatic rings. The van der Waals surface area contributed by atoms with Crippen LogP contribution in [0.4, 0.5) is 0 Å². The van der Waals surface area contributed by atoms with E-state index in [0.717, 1.165) is 32.3 Å². The highest BCUT2D eigenvalue weighted by molar-refractivity contribution is 5.79. The van der Waals surface area contributed by atoms with Gasteiger partial charge < -0.3 is 20.3 Å². The van der Waals surface area contributed by atoms with Crippen LogP contribution in [0.15, 0.2) is 4.99 Å². The lowest BCUT2D eigenvalue weighted by Gasteiger charge is -2.21. The van der Waals surface area contributed by atoms with Gasteiger partial charge in [0, 0.05) is 32.8 Å².